The van der Waals surface area contributed by atoms with Gasteiger partial charge in [-0.1, -0.05) is 6.07 Å². The van der Waals surface area contributed by atoms with Crippen LogP contribution in [0, 0.1) is 20.8 Å². The number of unbranched alkanes of at least 4 members (excludes halogenated alkanes) is 1. The van der Waals surface area contributed by atoms with Crippen molar-refractivity contribution in [2.75, 3.05) is 19.6 Å². The highest BCUT2D eigenvalue weighted by molar-refractivity contribution is 14.0. The Hall–Kier alpha value is -1.84. The van der Waals surface area contributed by atoms with Crippen LogP contribution in [0.3, 0.4) is 0 Å². The smallest absolute Gasteiger partial charge is 0.250 e. The lowest BCUT2D eigenvalue weighted by molar-refractivity contribution is 0.564. The molecule has 0 saturated heterocycles. The van der Waals surface area contributed by atoms with Gasteiger partial charge in [0.2, 0.25) is 0 Å². The molecule has 7 nitrogen and oxygen atoms in total. The van der Waals surface area contributed by atoms with Crippen LogP contribution in [-0.2, 0) is 13.1 Å². The maximum atomic E-state index is 11.9. The SMILES string of the molecule is CCNC(=NCCCn1nc(C)cc1C)NCCCCn1c(C)cccc1=O.I. The first-order valence-electron chi connectivity index (χ1n) is 10.2. The number of aromatic nitrogens is 3. The van der Waals surface area contributed by atoms with Crippen LogP contribution in [0.5, 0.6) is 0 Å². The molecule has 0 aliphatic rings. The van der Waals surface area contributed by atoms with Gasteiger partial charge in [-0.3, -0.25) is 14.5 Å². The molecule has 0 saturated carbocycles. The standard InChI is InChI=1S/C21H34N6O.HI/c1-5-22-21(24-13-9-15-27-19(4)16-17(2)25-27)23-12-6-7-14-26-18(3)10-8-11-20(26)28;/h8,10-11,16H,5-7,9,12-15H2,1-4H3,(H2,22,23,24);1H. The van der Waals surface area contributed by atoms with Gasteiger partial charge in [0.15, 0.2) is 5.96 Å². The Bertz CT molecular complexity index is 827. The zero-order chi connectivity index (χ0) is 20.4. The number of hydrogen-bond donors (Lipinski definition) is 2. The normalized spacial score (nSPS) is 11.2. The van der Waals surface area contributed by atoms with Gasteiger partial charge in [-0.2, -0.15) is 5.10 Å². The first kappa shape index (κ1) is 25.2. The Morgan fingerprint density at radius 1 is 1.07 bits per heavy atom. The van der Waals surface area contributed by atoms with E-state index in [1.54, 1.807) is 6.07 Å². The quantitative estimate of drug-likeness (QED) is 0.221. The molecule has 2 heterocycles. The van der Waals surface area contributed by atoms with E-state index in [-0.39, 0.29) is 29.5 Å². The minimum Gasteiger partial charge on any atom is -0.357 e. The molecule has 2 N–H and O–H groups in total. The summed E-state index contributed by atoms with van der Waals surface area (Å²) in [6.07, 6.45) is 2.89. The second kappa shape index (κ2) is 13.4. The largest absolute Gasteiger partial charge is 0.357 e. The fraction of sp³-hybridized carbons (Fsp3) is 0.571. The van der Waals surface area contributed by atoms with Crippen molar-refractivity contribution in [2.24, 2.45) is 4.99 Å². The summed E-state index contributed by atoms with van der Waals surface area (Å²) >= 11 is 0. The van der Waals surface area contributed by atoms with Crippen LogP contribution in [0.15, 0.2) is 34.1 Å². The molecule has 0 aliphatic carbocycles. The number of nitrogens with zero attached hydrogens (tertiary/aromatic N) is 4. The zero-order valence-corrected chi connectivity index (χ0v) is 20.4. The van der Waals surface area contributed by atoms with E-state index in [2.05, 4.69) is 40.6 Å². The summed E-state index contributed by atoms with van der Waals surface area (Å²) in [4.78, 5) is 16.5. The monoisotopic (exact) mass is 514 g/mol. The lowest BCUT2D eigenvalue weighted by Crippen LogP contribution is -2.38. The molecule has 2 aromatic rings. The molecule has 2 aromatic heterocycles. The van der Waals surface area contributed by atoms with Gasteiger partial charge in [0.25, 0.3) is 5.56 Å². The lowest BCUT2D eigenvalue weighted by Gasteiger charge is -2.12. The summed E-state index contributed by atoms with van der Waals surface area (Å²) in [6.45, 7) is 12.2. The molecule has 2 rings (SSSR count). The Morgan fingerprint density at radius 2 is 1.86 bits per heavy atom. The van der Waals surface area contributed by atoms with Gasteiger partial charge in [-0.25, -0.2) is 0 Å². The summed E-state index contributed by atoms with van der Waals surface area (Å²) in [5, 5.41) is 11.1. The molecular weight excluding hydrogens is 479 g/mol. The summed E-state index contributed by atoms with van der Waals surface area (Å²) < 4.78 is 3.87. The summed E-state index contributed by atoms with van der Waals surface area (Å²) in [6, 6.07) is 7.50. The van der Waals surface area contributed by atoms with Gasteiger partial charge in [-0.05, 0) is 59.1 Å². The van der Waals surface area contributed by atoms with Gasteiger partial charge in [0.05, 0.1) is 5.69 Å². The van der Waals surface area contributed by atoms with Crippen molar-refractivity contribution < 1.29 is 0 Å². The Labute approximate surface area is 191 Å². The van der Waals surface area contributed by atoms with Gasteiger partial charge in [0, 0.05) is 50.2 Å². The molecular formula is C21H35IN6O. The number of aliphatic imine (C=N–C) groups is 1. The summed E-state index contributed by atoms with van der Waals surface area (Å²) in [7, 11) is 0. The number of halogens is 1. The molecule has 162 valence electrons. The van der Waals surface area contributed by atoms with Crippen molar-refractivity contribution in [2.45, 2.75) is 60.0 Å². The van der Waals surface area contributed by atoms with Crippen LogP contribution in [0.2, 0.25) is 0 Å². The maximum Gasteiger partial charge on any atom is 0.250 e. The van der Waals surface area contributed by atoms with E-state index in [0.29, 0.717) is 0 Å². The van der Waals surface area contributed by atoms with Crippen molar-refractivity contribution >= 4 is 29.9 Å². The second-order valence-electron chi connectivity index (χ2n) is 7.06. The highest BCUT2D eigenvalue weighted by Crippen LogP contribution is 2.02. The first-order chi connectivity index (χ1) is 13.5. The molecule has 0 fully saturated rings. The molecule has 8 heteroatoms. The average Bonchev–Trinajstić information content (AvgIpc) is 2.97. The van der Waals surface area contributed by atoms with E-state index >= 15 is 0 Å². The van der Waals surface area contributed by atoms with Crippen molar-refractivity contribution in [3.63, 3.8) is 0 Å². The van der Waals surface area contributed by atoms with Gasteiger partial charge in [0.1, 0.15) is 0 Å². The molecule has 0 atom stereocenters. The van der Waals surface area contributed by atoms with E-state index in [9.17, 15) is 4.79 Å². The van der Waals surface area contributed by atoms with E-state index in [0.717, 1.165) is 69.3 Å². The molecule has 0 aromatic carbocycles. The molecule has 0 aliphatic heterocycles. The van der Waals surface area contributed by atoms with E-state index in [1.165, 1.54) is 5.69 Å². The Morgan fingerprint density at radius 3 is 2.52 bits per heavy atom. The highest BCUT2D eigenvalue weighted by atomic mass is 127. The van der Waals surface area contributed by atoms with Crippen molar-refractivity contribution in [1.29, 1.82) is 0 Å². The fourth-order valence-electron chi connectivity index (χ4n) is 3.17. The van der Waals surface area contributed by atoms with Crippen molar-refractivity contribution in [3.8, 4) is 0 Å². The topological polar surface area (TPSA) is 76.2 Å². The van der Waals surface area contributed by atoms with Crippen molar-refractivity contribution in [3.05, 3.63) is 51.7 Å². The van der Waals surface area contributed by atoms with Gasteiger partial charge in [-0.15, -0.1) is 24.0 Å². The maximum absolute atomic E-state index is 11.9. The predicted octanol–water partition coefficient (Wildman–Crippen LogP) is 3.01. The minimum atomic E-state index is 0. The first-order valence-corrected chi connectivity index (χ1v) is 10.2. The van der Waals surface area contributed by atoms with Gasteiger partial charge >= 0.3 is 0 Å². The number of rotatable bonds is 10. The fourth-order valence-corrected chi connectivity index (χ4v) is 3.17. The number of pyridine rings is 1. The molecule has 0 bridgehead atoms. The van der Waals surface area contributed by atoms with Crippen LogP contribution in [0.4, 0.5) is 0 Å². The number of guanidine groups is 1. The minimum absolute atomic E-state index is 0. The molecule has 0 unspecified atom stereocenters. The average molecular weight is 514 g/mol. The van der Waals surface area contributed by atoms with Crippen LogP contribution in [-0.4, -0.2) is 39.9 Å². The van der Waals surface area contributed by atoms with Gasteiger partial charge < -0.3 is 15.2 Å². The van der Waals surface area contributed by atoms with E-state index in [1.807, 2.05) is 35.2 Å². The van der Waals surface area contributed by atoms with Crippen LogP contribution in [0.25, 0.3) is 0 Å². The predicted molar refractivity (Wildman–Crippen MR) is 130 cm³/mol. The van der Waals surface area contributed by atoms with E-state index in [4.69, 9.17) is 0 Å². The van der Waals surface area contributed by atoms with Crippen molar-refractivity contribution in [1.82, 2.24) is 25.0 Å². The molecule has 0 spiro atoms. The summed E-state index contributed by atoms with van der Waals surface area (Å²) in [5.41, 5.74) is 3.34. The lowest BCUT2D eigenvalue weighted by atomic mass is 10.3. The van der Waals surface area contributed by atoms with Crippen LogP contribution in [0.1, 0.15) is 43.3 Å². The van der Waals surface area contributed by atoms with Crippen LogP contribution < -0.4 is 16.2 Å². The third-order valence-corrected chi connectivity index (χ3v) is 4.61. The number of nitrogens with one attached hydrogen (secondary N) is 2. The number of hydrogen-bond acceptors (Lipinski definition) is 3. The second-order valence-corrected chi connectivity index (χ2v) is 7.06. The van der Waals surface area contributed by atoms with E-state index < -0.39 is 0 Å². The number of aryl methyl sites for hydroxylation is 4. The zero-order valence-electron chi connectivity index (χ0n) is 18.1. The summed E-state index contributed by atoms with van der Waals surface area (Å²) in [5.74, 6) is 0.851. The molecule has 0 radical (unpaired) electrons. The highest BCUT2D eigenvalue weighted by Gasteiger charge is 2.02. The Kier molecular flexibility index (Phi) is 11.6. The third kappa shape index (κ3) is 8.59. The molecule has 0 amide bonds. The molecule has 29 heavy (non-hydrogen) atoms. The Balaban J connectivity index is 0.00000420. The third-order valence-electron chi connectivity index (χ3n) is 4.61. The van der Waals surface area contributed by atoms with Crippen LogP contribution >= 0.6 is 24.0 Å².